The Bertz CT molecular complexity index is 233. The van der Waals surface area contributed by atoms with Crippen LogP contribution >= 0.6 is 0 Å². The van der Waals surface area contributed by atoms with Crippen LogP contribution in [0.15, 0.2) is 35.5 Å². The van der Waals surface area contributed by atoms with Crippen LogP contribution in [-0.2, 0) is 14.0 Å². The lowest BCUT2D eigenvalue weighted by Gasteiger charge is -2.10. The molecule has 4 heteroatoms. The average molecular weight is 224 g/mol. The molecule has 0 amide bonds. The van der Waals surface area contributed by atoms with Gasteiger partial charge in [0.15, 0.2) is 0 Å². The molecule has 0 aliphatic carbocycles. The van der Waals surface area contributed by atoms with E-state index in [0.717, 1.165) is 16.7 Å². The van der Waals surface area contributed by atoms with Crippen molar-refractivity contribution in [2.24, 2.45) is 0 Å². The summed E-state index contributed by atoms with van der Waals surface area (Å²) < 4.78 is 15.9. The Morgan fingerprint density at radius 1 is 0.625 bits per heavy atom. The van der Waals surface area contributed by atoms with Crippen LogP contribution in [0.1, 0.15) is 41.5 Å². The highest BCUT2D eigenvalue weighted by molar-refractivity contribution is 6.37. The van der Waals surface area contributed by atoms with Gasteiger partial charge in [0.2, 0.25) is 0 Å². The topological polar surface area (TPSA) is 27.7 Å². The van der Waals surface area contributed by atoms with Crippen molar-refractivity contribution in [3.63, 3.8) is 0 Å². The Labute approximate surface area is 99.0 Å². The summed E-state index contributed by atoms with van der Waals surface area (Å²) in [4.78, 5) is 0. The fourth-order valence-corrected chi connectivity index (χ4v) is 0.671. The molecule has 0 unspecified atom stereocenters. The molecule has 0 aliphatic heterocycles. The molecule has 0 atom stereocenters. The maximum absolute atomic E-state index is 5.31. The molecule has 0 aliphatic rings. The smallest absolute Gasteiger partial charge is 0.496 e. The molecular formula is C12H21BO3. The van der Waals surface area contributed by atoms with E-state index in [0.29, 0.717) is 0 Å². The van der Waals surface area contributed by atoms with Gasteiger partial charge in [0.25, 0.3) is 0 Å². The minimum Gasteiger partial charge on any atom is -0.496 e. The van der Waals surface area contributed by atoms with Crippen molar-refractivity contribution in [2.75, 3.05) is 0 Å². The maximum atomic E-state index is 5.31. The molecule has 0 N–H and O–H groups in total. The summed E-state index contributed by atoms with van der Waals surface area (Å²) in [5, 5.41) is 0. The second kappa shape index (κ2) is 7.91. The fourth-order valence-electron chi connectivity index (χ4n) is 0.671. The van der Waals surface area contributed by atoms with Gasteiger partial charge in [-0.25, -0.2) is 0 Å². The molecule has 0 bridgehead atoms. The predicted molar refractivity (Wildman–Crippen MR) is 67.3 cm³/mol. The summed E-state index contributed by atoms with van der Waals surface area (Å²) in [6.07, 6.45) is 4.84. The van der Waals surface area contributed by atoms with Gasteiger partial charge in [-0.05, 0) is 58.3 Å². The molecule has 0 aromatic heterocycles. The lowest BCUT2D eigenvalue weighted by Crippen LogP contribution is -2.20. The van der Waals surface area contributed by atoms with Crippen LogP contribution in [-0.4, -0.2) is 7.32 Å². The van der Waals surface area contributed by atoms with E-state index >= 15 is 0 Å². The van der Waals surface area contributed by atoms with Gasteiger partial charge in [0, 0.05) is 0 Å². The van der Waals surface area contributed by atoms with E-state index in [1.807, 2.05) is 41.5 Å². The van der Waals surface area contributed by atoms with Gasteiger partial charge in [0.1, 0.15) is 0 Å². The average Bonchev–Trinajstić information content (AvgIpc) is 2.15. The van der Waals surface area contributed by atoms with E-state index in [4.69, 9.17) is 14.0 Å². The van der Waals surface area contributed by atoms with Gasteiger partial charge in [-0.2, -0.15) is 0 Å². The molecule has 90 valence electrons. The van der Waals surface area contributed by atoms with E-state index in [1.54, 1.807) is 18.8 Å². The lowest BCUT2D eigenvalue weighted by molar-refractivity contribution is 0.220. The molecule has 0 rings (SSSR count). The number of allylic oxidation sites excluding steroid dienone is 3. The Hall–Kier alpha value is -1.32. The summed E-state index contributed by atoms with van der Waals surface area (Å²) in [5.41, 5.74) is 3.14. The van der Waals surface area contributed by atoms with Crippen molar-refractivity contribution in [2.45, 2.75) is 41.5 Å². The molecule has 3 nitrogen and oxygen atoms in total. The van der Waals surface area contributed by atoms with Crippen LogP contribution in [0.3, 0.4) is 0 Å². The van der Waals surface area contributed by atoms with Crippen LogP contribution in [0.25, 0.3) is 0 Å². The SMILES string of the molecule is CC(C)=COB(OC=C(C)C)OC=C(C)C. The van der Waals surface area contributed by atoms with Crippen LogP contribution in [0.4, 0.5) is 0 Å². The first kappa shape index (κ1) is 14.7. The van der Waals surface area contributed by atoms with Crippen LogP contribution in [0.5, 0.6) is 0 Å². The van der Waals surface area contributed by atoms with Gasteiger partial charge in [-0.3, -0.25) is 0 Å². The molecule has 0 saturated carbocycles. The van der Waals surface area contributed by atoms with Gasteiger partial charge in [-0.1, -0.05) is 0 Å². The standard InChI is InChI=1S/C12H21BO3/c1-10(2)7-14-13(15-8-11(3)4)16-9-12(5)6/h7-9H,1-6H3. The van der Waals surface area contributed by atoms with Gasteiger partial charge in [-0.15, -0.1) is 0 Å². The Morgan fingerprint density at radius 3 is 1.06 bits per heavy atom. The zero-order chi connectivity index (χ0) is 12.6. The Balaban J connectivity index is 4.33. The first-order valence-electron chi connectivity index (χ1n) is 5.28. The van der Waals surface area contributed by atoms with E-state index in [1.165, 1.54) is 0 Å². The monoisotopic (exact) mass is 224 g/mol. The molecule has 0 aromatic carbocycles. The van der Waals surface area contributed by atoms with Crippen molar-refractivity contribution < 1.29 is 14.0 Å². The minimum atomic E-state index is -0.736. The summed E-state index contributed by atoms with van der Waals surface area (Å²) in [6, 6.07) is 0. The normalized spacial score (nSPS) is 8.62. The maximum Gasteiger partial charge on any atom is 0.862 e. The van der Waals surface area contributed by atoms with Crippen molar-refractivity contribution in [3.05, 3.63) is 35.5 Å². The molecule has 0 heterocycles. The quantitative estimate of drug-likeness (QED) is 0.507. The highest BCUT2D eigenvalue weighted by Gasteiger charge is 2.24. The largest absolute Gasteiger partial charge is 0.862 e. The lowest BCUT2D eigenvalue weighted by atomic mass is 10.2. The van der Waals surface area contributed by atoms with Crippen molar-refractivity contribution >= 4 is 7.32 Å². The number of rotatable bonds is 6. The molecule has 16 heavy (non-hydrogen) atoms. The highest BCUT2D eigenvalue weighted by Crippen LogP contribution is 2.02. The third kappa shape index (κ3) is 9.25. The third-order valence-corrected chi connectivity index (χ3v) is 1.24. The third-order valence-electron chi connectivity index (χ3n) is 1.24. The first-order valence-corrected chi connectivity index (χ1v) is 5.28. The Morgan fingerprint density at radius 2 is 0.875 bits per heavy atom. The van der Waals surface area contributed by atoms with Gasteiger partial charge in [0.05, 0.1) is 18.8 Å². The van der Waals surface area contributed by atoms with Gasteiger partial charge >= 0.3 is 7.32 Å². The molecule has 0 spiro atoms. The van der Waals surface area contributed by atoms with Crippen molar-refractivity contribution in [1.82, 2.24) is 0 Å². The highest BCUT2D eigenvalue weighted by atomic mass is 16.7. The number of hydrogen-bond acceptors (Lipinski definition) is 3. The van der Waals surface area contributed by atoms with E-state index in [2.05, 4.69) is 0 Å². The molecular weight excluding hydrogens is 203 g/mol. The predicted octanol–water partition coefficient (Wildman–Crippen LogP) is 3.79. The van der Waals surface area contributed by atoms with E-state index in [-0.39, 0.29) is 0 Å². The summed E-state index contributed by atoms with van der Waals surface area (Å²) >= 11 is 0. The van der Waals surface area contributed by atoms with E-state index < -0.39 is 7.32 Å². The van der Waals surface area contributed by atoms with E-state index in [9.17, 15) is 0 Å². The Kier molecular flexibility index (Phi) is 7.26. The molecule has 0 aromatic rings. The van der Waals surface area contributed by atoms with Crippen LogP contribution < -0.4 is 0 Å². The second-order valence-electron chi connectivity index (χ2n) is 4.28. The molecule has 0 fully saturated rings. The molecule has 0 radical (unpaired) electrons. The zero-order valence-corrected chi connectivity index (χ0v) is 11.0. The summed E-state index contributed by atoms with van der Waals surface area (Å²) in [5.74, 6) is 0. The molecule has 0 saturated heterocycles. The van der Waals surface area contributed by atoms with Crippen LogP contribution in [0, 0.1) is 0 Å². The first-order chi connectivity index (χ1) is 7.41. The van der Waals surface area contributed by atoms with Crippen molar-refractivity contribution in [1.29, 1.82) is 0 Å². The fraction of sp³-hybridized carbons (Fsp3) is 0.500. The van der Waals surface area contributed by atoms with Gasteiger partial charge < -0.3 is 14.0 Å². The van der Waals surface area contributed by atoms with Crippen LogP contribution in [0.2, 0.25) is 0 Å². The minimum absolute atomic E-state index is 0.736. The summed E-state index contributed by atoms with van der Waals surface area (Å²) in [7, 11) is -0.736. The zero-order valence-electron chi connectivity index (χ0n) is 11.0. The van der Waals surface area contributed by atoms with Crippen molar-refractivity contribution in [3.8, 4) is 0 Å². The second-order valence-corrected chi connectivity index (χ2v) is 4.28. The number of hydrogen-bond donors (Lipinski definition) is 0. The summed E-state index contributed by atoms with van der Waals surface area (Å²) in [6.45, 7) is 11.7.